The Morgan fingerprint density at radius 3 is 2.79 bits per heavy atom. The first kappa shape index (κ1) is 26.0. The van der Waals surface area contributed by atoms with Crippen LogP contribution in [0, 0.1) is 17.8 Å². The van der Waals surface area contributed by atoms with Crippen molar-refractivity contribution in [1.82, 2.24) is 5.16 Å². The van der Waals surface area contributed by atoms with Crippen molar-refractivity contribution in [3.05, 3.63) is 59.4 Å². The molecule has 0 spiro atoms. The summed E-state index contributed by atoms with van der Waals surface area (Å²) in [5.41, 5.74) is 3.20. The molecule has 0 amide bonds. The van der Waals surface area contributed by atoms with Gasteiger partial charge >= 0.3 is 6.36 Å². The van der Waals surface area contributed by atoms with Gasteiger partial charge in [-0.3, -0.25) is 9.79 Å². The van der Waals surface area contributed by atoms with Crippen molar-refractivity contribution >= 4 is 30.1 Å². The Morgan fingerprint density at radius 2 is 2.00 bits per heavy atom. The molecule has 10 heteroatoms. The molecule has 3 unspecified atom stereocenters. The number of aromatic nitrogens is 1. The van der Waals surface area contributed by atoms with Gasteiger partial charge in [-0.15, -0.1) is 24.9 Å². The molecule has 2 bridgehead atoms. The summed E-state index contributed by atoms with van der Waals surface area (Å²) >= 11 is 1.75. The zero-order chi connectivity index (χ0) is 27.0. The van der Waals surface area contributed by atoms with E-state index in [2.05, 4.69) is 20.2 Å². The second kappa shape index (κ2) is 10.7. The number of nitrogens with zero attached hydrogens (tertiary/aromatic N) is 2. The van der Waals surface area contributed by atoms with Crippen molar-refractivity contribution in [3.8, 4) is 17.0 Å². The highest BCUT2D eigenvalue weighted by Crippen LogP contribution is 2.49. The van der Waals surface area contributed by atoms with E-state index in [4.69, 9.17) is 4.52 Å². The number of nitrogens with one attached hydrogen (secondary N) is 1. The number of aldehydes is 1. The molecular weight excluding hydrogens is 527 g/mol. The second-order valence-corrected chi connectivity index (χ2v) is 11.5. The zero-order valence-electron chi connectivity index (χ0n) is 21.1. The summed E-state index contributed by atoms with van der Waals surface area (Å²) in [6.07, 6.45) is 2.40. The Balaban J connectivity index is 1.24. The third kappa shape index (κ3) is 5.71. The average molecular weight is 556 g/mol. The zero-order valence-corrected chi connectivity index (χ0v) is 21.9. The van der Waals surface area contributed by atoms with Crippen LogP contribution in [0.1, 0.15) is 53.3 Å². The fraction of sp³-hybridized carbons (Fsp3) is 0.414. The number of aliphatic imine (C=N–C) groups is 1. The van der Waals surface area contributed by atoms with Crippen LogP contribution in [0.3, 0.4) is 0 Å². The summed E-state index contributed by atoms with van der Waals surface area (Å²) in [6, 6.07) is 11.7. The lowest BCUT2D eigenvalue weighted by atomic mass is 9.63. The maximum absolute atomic E-state index is 13.1. The molecule has 2 saturated carbocycles. The number of thioether (sulfide) groups is 1. The van der Waals surface area contributed by atoms with Crippen LogP contribution in [0.2, 0.25) is 0 Å². The molecule has 39 heavy (non-hydrogen) atoms. The topological polar surface area (TPSA) is 76.7 Å². The maximum Gasteiger partial charge on any atom is 0.573 e. The van der Waals surface area contributed by atoms with Crippen LogP contribution >= 0.6 is 11.8 Å². The van der Waals surface area contributed by atoms with Crippen molar-refractivity contribution in [3.63, 3.8) is 0 Å². The van der Waals surface area contributed by atoms with Crippen molar-refractivity contribution in [2.45, 2.75) is 49.3 Å². The SMILES string of the molecule is O=Cc1ccc2c(c1)SCC1CC(CN=CN2)C1CCc1c(-c2ccccc2OC(F)(F)F)noc1C1CC1. The van der Waals surface area contributed by atoms with E-state index < -0.39 is 6.36 Å². The quantitative estimate of drug-likeness (QED) is 0.307. The lowest BCUT2D eigenvalue weighted by Crippen LogP contribution is -2.40. The number of carbonyl (C=O) groups excluding carboxylic acids is 1. The summed E-state index contributed by atoms with van der Waals surface area (Å²) in [5.74, 6) is 3.06. The Kier molecular flexibility index (Phi) is 7.14. The minimum Gasteiger partial charge on any atom is -0.405 e. The third-order valence-electron chi connectivity index (χ3n) is 7.92. The molecule has 6 nitrogen and oxygen atoms in total. The lowest BCUT2D eigenvalue weighted by Gasteiger charge is -2.44. The number of benzene rings is 2. The summed E-state index contributed by atoms with van der Waals surface area (Å²) in [5, 5.41) is 7.51. The van der Waals surface area contributed by atoms with Gasteiger partial charge in [0.1, 0.15) is 23.5 Å². The van der Waals surface area contributed by atoms with Gasteiger partial charge in [-0.25, -0.2) is 0 Å². The highest BCUT2D eigenvalue weighted by atomic mass is 32.2. The molecule has 2 fully saturated rings. The number of anilines is 1. The monoisotopic (exact) mass is 555 g/mol. The maximum atomic E-state index is 13.1. The van der Waals surface area contributed by atoms with Gasteiger partial charge in [0, 0.05) is 39.8 Å². The Labute approximate surface area is 228 Å². The molecule has 2 aromatic carbocycles. The minimum absolute atomic E-state index is 0.272. The van der Waals surface area contributed by atoms with E-state index in [-0.39, 0.29) is 11.7 Å². The molecule has 3 aliphatic rings. The highest BCUT2D eigenvalue weighted by molar-refractivity contribution is 7.99. The van der Waals surface area contributed by atoms with E-state index in [1.165, 1.54) is 12.1 Å². The van der Waals surface area contributed by atoms with Gasteiger partial charge in [0.25, 0.3) is 0 Å². The molecule has 1 aromatic heterocycles. The predicted molar refractivity (Wildman–Crippen MR) is 144 cm³/mol. The molecule has 0 radical (unpaired) electrons. The summed E-state index contributed by atoms with van der Waals surface area (Å²) < 4.78 is 49.4. The molecular formula is C29H28F3N3O3S. The van der Waals surface area contributed by atoms with E-state index >= 15 is 0 Å². The number of rotatable bonds is 7. The van der Waals surface area contributed by atoms with Gasteiger partial charge in [-0.1, -0.05) is 17.3 Å². The smallest absolute Gasteiger partial charge is 0.405 e. The number of halogens is 3. The van der Waals surface area contributed by atoms with E-state index in [0.29, 0.717) is 41.0 Å². The number of hydrogen-bond acceptors (Lipinski definition) is 7. The highest BCUT2D eigenvalue weighted by Gasteiger charge is 2.41. The fourth-order valence-electron chi connectivity index (χ4n) is 5.78. The van der Waals surface area contributed by atoms with Gasteiger partial charge in [0.2, 0.25) is 0 Å². The number of ether oxygens (including phenoxy) is 1. The van der Waals surface area contributed by atoms with Crippen LogP contribution in [0.25, 0.3) is 11.3 Å². The van der Waals surface area contributed by atoms with Crippen molar-refractivity contribution in [1.29, 1.82) is 0 Å². The summed E-state index contributed by atoms with van der Waals surface area (Å²) in [6.45, 7) is 0.717. The molecule has 2 heterocycles. The molecule has 3 aromatic rings. The molecule has 1 aliphatic heterocycles. The number of carbonyl (C=O) groups is 1. The van der Waals surface area contributed by atoms with Crippen LogP contribution in [-0.2, 0) is 6.42 Å². The second-order valence-electron chi connectivity index (χ2n) is 10.5. The molecule has 0 saturated heterocycles. The molecule has 1 N–H and O–H groups in total. The first-order valence-corrected chi connectivity index (χ1v) is 14.2. The third-order valence-corrected chi connectivity index (χ3v) is 9.17. The van der Waals surface area contributed by atoms with Crippen molar-refractivity contribution < 1.29 is 27.2 Å². The van der Waals surface area contributed by atoms with Crippen LogP contribution < -0.4 is 10.1 Å². The van der Waals surface area contributed by atoms with E-state index in [0.717, 1.165) is 66.2 Å². The van der Waals surface area contributed by atoms with Crippen molar-refractivity contribution in [2.75, 3.05) is 17.6 Å². The van der Waals surface area contributed by atoms with Gasteiger partial charge in [0.15, 0.2) is 0 Å². The number of alkyl halides is 3. The first-order chi connectivity index (χ1) is 18.9. The molecule has 6 rings (SSSR count). The van der Waals surface area contributed by atoms with Gasteiger partial charge in [-0.05, 0) is 80.2 Å². The van der Waals surface area contributed by atoms with Gasteiger partial charge < -0.3 is 14.6 Å². The van der Waals surface area contributed by atoms with E-state index in [1.807, 2.05) is 12.1 Å². The fourth-order valence-corrected chi connectivity index (χ4v) is 7.06. The van der Waals surface area contributed by atoms with Crippen LogP contribution in [0.4, 0.5) is 18.9 Å². The number of fused-ring (bicyclic) bond motifs is 3. The normalized spacial score (nSPS) is 22.7. The number of hydrogen-bond donors (Lipinski definition) is 1. The van der Waals surface area contributed by atoms with E-state index in [1.54, 1.807) is 36.3 Å². The lowest BCUT2D eigenvalue weighted by molar-refractivity contribution is -0.274. The Bertz CT molecular complexity index is 1390. The summed E-state index contributed by atoms with van der Waals surface area (Å²) in [7, 11) is 0. The minimum atomic E-state index is -4.80. The molecule has 204 valence electrons. The first-order valence-electron chi connectivity index (χ1n) is 13.2. The molecule has 2 aliphatic carbocycles. The van der Waals surface area contributed by atoms with Gasteiger partial charge in [-0.2, -0.15) is 0 Å². The molecule has 3 atom stereocenters. The Morgan fingerprint density at radius 1 is 1.15 bits per heavy atom. The predicted octanol–water partition coefficient (Wildman–Crippen LogP) is 7.36. The number of para-hydroxylation sites is 1. The average Bonchev–Trinajstić information content (AvgIpc) is 3.67. The van der Waals surface area contributed by atoms with Crippen LogP contribution in [-0.4, -0.2) is 36.4 Å². The van der Waals surface area contributed by atoms with Crippen LogP contribution in [0.15, 0.2) is 56.9 Å². The Hall–Kier alpha value is -3.27. The summed E-state index contributed by atoms with van der Waals surface area (Å²) in [4.78, 5) is 17.0. The van der Waals surface area contributed by atoms with Crippen LogP contribution in [0.5, 0.6) is 5.75 Å². The standard InChI is InChI=1S/C29H28F3N3O3S/c30-29(31,32)37-25-4-2-1-3-22(25)27-23(28(38-35-27)18-6-7-18)9-8-21-19-12-20(21)15-39-26-11-17(14-36)5-10-24(26)34-16-33-13-19/h1-5,10-11,14,16,18-21H,6-9,12-13,15H2,(H,33,34). The van der Waals surface area contributed by atoms with Crippen molar-refractivity contribution in [2.24, 2.45) is 22.7 Å². The van der Waals surface area contributed by atoms with Gasteiger partial charge in [0.05, 0.1) is 12.0 Å². The van der Waals surface area contributed by atoms with E-state index in [9.17, 15) is 18.0 Å². The largest absolute Gasteiger partial charge is 0.573 e.